The Balaban J connectivity index is 4.49. The predicted octanol–water partition coefficient (Wildman–Crippen LogP) is -0.0326. The molecule has 0 aromatic rings. The first-order valence-corrected chi connectivity index (χ1v) is 5.83. The number of alkyl halides is 3. The summed E-state index contributed by atoms with van der Waals surface area (Å²) in [6.45, 7) is 0.346. The fourth-order valence-corrected chi connectivity index (χ4v) is 0.974. The van der Waals surface area contributed by atoms with E-state index < -0.39 is 23.2 Å². The molecular formula is C2H3F3O6PS-. The van der Waals surface area contributed by atoms with E-state index in [4.69, 9.17) is 0 Å². The molecule has 0 fully saturated rings. The van der Waals surface area contributed by atoms with Crippen molar-refractivity contribution in [2.24, 2.45) is 0 Å². The van der Waals surface area contributed by atoms with Gasteiger partial charge >= 0.3 is 15.6 Å². The van der Waals surface area contributed by atoms with Crippen LogP contribution in [0.4, 0.5) is 13.2 Å². The van der Waals surface area contributed by atoms with Crippen LogP contribution in [0, 0.1) is 0 Å². The lowest BCUT2D eigenvalue weighted by atomic mass is 11.6. The maximum absolute atomic E-state index is 11.4. The molecule has 6 nitrogen and oxygen atoms in total. The molecule has 0 heterocycles. The molecule has 0 aromatic carbocycles. The Bertz CT molecular complexity index is 311. The largest absolute Gasteiger partial charge is 0.777 e. The molecule has 0 amide bonds. The highest BCUT2D eigenvalue weighted by Crippen LogP contribution is 2.35. The van der Waals surface area contributed by atoms with Crippen LogP contribution in [-0.4, -0.2) is 20.6 Å². The lowest BCUT2D eigenvalue weighted by Crippen LogP contribution is -2.25. The van der Waals surface area contributed by atoms with Gasteiger partial charge < -0.3 is 9.46 Å². The molecule has 11 heteroatoms. The van der Waals surface area contributed by atoms with Gasteiger partial charge in [0, 0.05) is 6.66 Å². The van der Waals surface area contributed by atoms with Gasteiger partial charge in [-0.3, -0.25) is 0 Å². The number of rotatable bonds is 3. The molecule has 1 unspecified atom stereocenters. The van der Waals surface area contributed by atoms with Crippen LogP contribution in [0.25, 0.3) is 0 Å². The van der Waals surface area contributed by atoms with E-state index in [9.17, 15) is 31.0 Å². The highest BCUT2D eigenvalue weighted by Gasteiger charge is 2.48. The predicted molar refractivity (Wildman–Crippen MR) is 30.7 cm³/mol. The van der Waals surface area contributed by atoms with Crippen molar-refractivity contribution in [3.8, 4) is 0 Å². The highest BCUT2D eigenvalue weighted by molar-refractivity contribution is 7.87. The van der Waals surface area contributed by atoms with Crippen molar-refractivity contribution in [3.63, 3.8) is 0 Å². The standard InChI is InChI=1S/C2H4F3O6PS/c1-12(6,7)10-11-13(8,9)2(3,4)5/h1H3,(H,6,7)/p-1. The van der Waals surface area contributed by atoms with Crippen LogP contribution in [-0.2, 0) is 23.7 Å². The zero-order valence-electron chi connectivity index (χ0n) is 5.94. The van der Waals surface area contributed by atoms with Gasteiger partial charge in [0.1, 0.15) is 0 Å². The van der Waals surface area contributed by atoms with E-state index in [0.717, 1.165) is 0 Å². The fourth-order valence-electron chi connectivity index (χ4n) is 0.134. The van der Waals surface area contributed by atoms with E-state index in [1.165, 1.54) is 0 Å². The minimum atomic E-state index is -6.03. The summed E-state index contributed by atoms with van der Waals surface area (Å²) < 4.78 is 70.0. The fraction of sp³-hybridized carbons (Fsp3) is 1.00. The molecule has 0 aliphatic rings. The van der Waals surface area contributed by atoms with Gasteiger partial charge in [-0.05, 0) is 0 Å². The molecule has 0 aromatic heterocycles. The third-order valence-corrected chi connectivity index (χ3v) is 1.80. The second kappa shape index (κ2) is 3.54. The van der Waals surface area contributed by atoms with Crippen molar-refractivity contribution in [1.82, 2.24) is 0 Å². The molecule has 0 rings (SSSR count). The second-order valence-electron chi connectivity index (χ2n) is 1.81. The molecule has 0 bridgehead atoms. The average molecular weight is 243 g/mol. The van der Waals surface area contributed by atoms with Gasteiger partial charge in [-0.2, -0.15) is 26.3 Å². The topological polar surface area (TPSA) is 92.7 Å². The van der Waals surface area contributed by atoms with Crippen LogP contribution >= 0.6 is 7.60 Å². The summed E-state index contributed by atoms with van der Waals surface area (Å²) in [4.78, 5) is 10.1. The van der Waals surface area contributed by atoms with E-state index in [0.29, 0.717) is 6.66 Å². The van der Waals surface area contributed by atoms with E-state index in [1.807, 2.05) is 0 Å². The van der Waals surface area contributed by atoms with E-state index in [2.05, 4.69) is 9.01 Å². The van der Waals surface area contributed by atoms with Crippen LogP contribution in [0.1, 0.15) is 0 Å². The van der Waals surface area contributed by atoms with E-state index in [-0.39, 0.29) is 0 Å². The summed E-state index contributed by atoms with van der Waals surface area (Å²) in [7, 11) is -10.7. The van der Waals surface area contributed by atoms with Crippen molar-refractivity contribution in [2.45, 2.75) is 5.51 Å². The summed E-state index contributed by atoms with van der Waals surface area (Å²) in [6, 6.07) is 0. The zero-order valence-corrected chi connectivity index (χ0v) is 7.65. The summed E-state index contributed by atoms with van der Waals surface area (Å²) >= 11 is 0. The van der Waals surface area contributed by atoms with Crippen molar-refractivity contribution < 1.29 is 40.1 Å². The van der Waals surface area contributed by atoms with Gasteiger partial charge in [-0.1, -0.05) is 4.33 Å². The molecule has 0 aliphatic heterocycles. The molecule has 0 radical (unpaired) electrons. The normalized spacial score (nSPS) is 18.2. The number of halogens is 3. The van der Waals surface area contributed by atoms with Crippen molar-refractivity contribution in [2.75, 3.05) is 6.66 Å². The van der Waals surface area contributed by atoms with Gasteiger partial charge in [0.15, 0.2) is 7.60 Å². The quantitative estimate of drug-likeness (QED) is 0.299. The molecular weight excluding hydrogens is 240 g/mol. The van der Waals surface area contributed by atoms with Crippen LogP contribution in [0.15, 0.2) is 0 Å². The molecule has 13 heavy (non-hydrogen) atoms. The van der Waals surface area contributed by atoms with Gasteiger partial charge in [-0.15, -0.1) is 0 Å². The van der Waals surface area contributed by atoms with Crippen LogP contribution in [0.2, 0.25) is 0 Å². The lowest BCUT2D eigenvalue weighted by Gasteiger charge is -2.15. The Morgan fingerprint density at radius 2 is 1.77 bits per heavy atom. The van der Waals surface area contributed by atoms with Crippen LogP contribution in [0.5, 0.6) is 0 Å². The average Bonchev–Trinajstić information content (AvgIpc) is 1.79. The van der Waals surface area contributed by atoms with Crippen LogP contribution in [0.3, 0.4) is 0 Å². The Kier molecular flexibility index (Phi) is 3.50. The third kappa shape index (κ3) is 4.58. The van der Waals surface area contributed by atoms with Gasteiger partial charge in [0.2, 0.25) is 0 Å². The molecule has 0 saturated heterocycles. The Morgan fingerprint density at radius 3 is 2.00 bits per heavy atom. The first-order valence-electron chi connectivity index (χ1n) is 2.43. The van der Waals surface area contributed by atoms with Gasteiger partial charge in [-0.25, -0.2) is 0 Å². The smallest absolute Gasteiger partial charge is 0.525 e. The number of hydrogen-bond acceptors (Lipinski definition) is 6. The molecule has 0 N–H and O–H groups in total. The Labute approximate surface area is 70.8 Å². The summed E-state index contributed by atoms with van der Waals surface area (Å²) in [6.07, 6.45) is 0. The monoisotopic (exact) mass is 243 g/mol. The minimum Gasteiger partial charge on any atom is -0.777 e. The van der Waals surface area contributed by atoms with Gasteiger partial charge in [0.25, 0.3) is 0 Å². The summed E-state index contributed by atoms with van der Waals surface area (Å²) in [5.41, 5.74) is -5.72. The van der Waals surface area contributed by atoms with Crippen LogP contribution < -0.4 is 4.89 Å². The van der Waals surface area contributed by atoms with Crippen molar-refractivity contribution >= 4 is 17.7 Å². The second-order valence-corrected chi connectivity index (χ2v) is 5.01. The van der Waals surface area contributed by atoms with Gasteiger partial charge in [0.05, 0.1) is 0 Å². The summed E-state index contributed by atoms with van der Waals surface area (Å²) in [5.74, 6) is 0. The third-order valence-electron chi connectivity index (χ3n) is 0.539. The summed E-state index contributed by atoms with van der Waals surface area (Å²) in [5, 5.41) is 0. The molecule has 0 saturated carbocycles. The van der Waals surface area contributed by atoms with Crippen molar-refractivity contribution in [3.05, 3.63) is 0 Å². The molecule has 80 valence electrons. The maximum Gasteiger partial charge on any atom is 0.525 e. The highest BCUT2D eigenvalue weighted by atomic mass is 32.2. The maximum atomic E-state index is 11.4. The molecule has 1 atom stereocenters. The first-order chi connectivity index (χ1) is 5.46. The first kappa shape index (κ1) is 12.8. The minimum absolute atomic E-state index is 0.346. The van der Waals surface area contributed by atoms with E-state index >= 15 is 0 Å². The Hall–Kier alpha value is -0.150. The Morgan fingerprint density at radius 1 is 1.38 bits per heavy atom. The molecule has 0 aliphatic carbocycles. The molecule has 0 spiro atoms. The number of hydrogen-bond donors (Lipinski definition) is 0. The van der Waals surface area contributed by atoms with Crippen molar-refractivity contribution in [1.29, 1.82) is 0 Å². The zero-order chi connectivity index (χ0) is 10.9. The lowest BCUT2D eigenvalue weighted by molar-refractivity contribution is -0.244. The van der Waals surface area contributed by atoms with E-state index in [1.54, 1.807) is 0 Å². The SMILES string of the molecule is CP(=O)([O-])OOS(=O)(=O)C(F)(F)F.